The second kappa shape index (κ2) is 8.52. The third-order valence-corrected chi connectivity index (χ3v) is 5.61. The maximum Gasteiger partial charge on any atom is 0.251 e. The normalized spacial score (nSPS) is 13.8. The van der Waals surface area contributed by atoms with Crippen LogP contribution in [0.5, 0.6) is 17.2 Å². The van der Waals surface area contributed by atoms with Gasteiger partial charge in [-0.25, -0.2) is 0 Å². The number of carbonyl (C=O) groups is 2. The molecule has 1 fully saturated rings. The molecule has 31 heavy (non-hydrogen) atoms. The van der Waals surface area contributed by atoms with Crippen molar-refractivity contribution in [1.29, 1.82) is 0 Å². The van der Waals surface area contributed by atoms with Crippen LogP contribution in [-0.2, 0) is 5.41 Å². The largest absolute Gasteiger partial charge is 0.496 e. The van der Waals surface area contributed by atoms with E-state index in [1.54, 1.807) is 55.6 Å². The van der Waals surface area contributed by atoms with E-state index in [1.165, 1.54) is 0 Å². The lowest BCUT2D eigenvalue weighted by atomic mass is 9.94. The number of amides is 2. The summed E-state index contributed by atoms with van der Waals surface area (Å²) in [5.74, 6) is 1.42. The van der Waals surface area contributed by atoms with Crippen LogP contribution < -0.4 is 20.5 Å². The lowest BCUT2D eigenvalue weighted by Crippen LogP contribution is -2.32. The van der Waals surface area contributed by atoms with Gasteiger partial charge in [0.25, 0.3) is 5.91 Å². The number of nitrogens with one attached hydrogen (secondary N) is 1. The van der Waals surface area contributed by atoms with Gasteiger partial charge in [0.2, 0.25) is 5.91 Å². The van der Waals surface area contributed by atoms with E-state index >= 15 is 0 Å². The van der Waals surface area contributed by atoms with Gasteiger partial charge in [-0.2, -0.15) is 0 Å². The SMILES string of the molecule is COc1ccccc1C1(CNC(=O)c2ccc(Oc3ccc(C(N)=O)cc3)cc2)CC1. The van der Waals surface area contributed by atoms with E-state index in [4.69, 9.17) is 15.2 Å². The minimum absolute atomic E-state index is 0.0532. The highest BCUT2D eigenvalue weighted by Crippen LogP contribution is 2.50. The molecule has 0 heterocycles. The molecule has 6 heteroatoms. The van der Waals surface area contributed by atoms with Crippen molar-refractivity contribution in [2.45, 2.75) is 18.3 Å². The van der Waals surface area contributed by atoms with Crippen molar-refractivity contribution in [3.63, 3.8) is 0 Å². The van der Waals surface area contributed by atoms with Crippen molar-refractivity contribution >= 4 is 11.8 Å². The molecule has 0 aromatic heterocycles. The molecular weight excluding hydrogens is 392 g/mol. The van der Waals surface area contributed by atoms with E-state index in [2.05, 4.69) is 11.4 Å². The molecule has 3 aromatic carbocycles. The van der Waals surface area contributed by atoms with Gasteiger partial charge in [-0.3, -0.25) is 9.59 Å². The highest BCUT2D eigenvalue weighted by atomic mass is 16.5. The Hall–Kier alpha value is -3.80. The highest BCUT2D eigenvalue weighted by molar-refractivity contribution is 5.94. The number of para-hydroxylation sites is 1. The first-order valence-electron chi connectivity index (χ1n) is 10.1. The molecule has 6 nitrogen and oxygen atoms in total. The Balaban J connectivity index is 1.37. The van der Waals surface area contributed by atoms with Gasteiger partial charge in [0.05, 0.1) is 7.11 Å². The number of nitrogens with two attached hydrogens (primary N) is 1. The Morgan fingerprint density at radius 3 is 2.03 bits per heavy atom. The first kappa shape index (κ1) is 20.5. The van der Waals surface area contributed by atoms with Gasteiger partial charge in [0, 0.05) is 28.7 Å². The summed E-state index contributed by atoms with van der Waals surface area (Å²) >= 11 is 0. The van der Waals surface area contributed by atoms with Crippen molar-refractivity contribution in [3.8, 4) is 17.2 Å². The summed E-state index contributed by atoms with van der Waals surface area (Å²) in [6, 6.07) is 21.5. The molecule has 2 amide bonds. The average molecular weight is 416 g/mol. The Bertz CT molecular complexity index is 1090. The summed E-state index contributed by atoms with van der Waals surface area (Å²) in [5, 5.41) is 3.06. The number of methoxy groups -OCH3 is 1. The Morgan fingerprint density at radius 2 is 1.48 bits per heavy atom. The number of hydrogen-bond acceptors (Lipinski definition) is 4. The van der Waals surface area contributed by atoms with Gasteiger partial charge in [0.1, 0.15) is 17.2 Å². The Morgan fingerprint density at radius 1 is 0.903 bits per heavy atom. The maximum absolute atomic E-state index is 12.6. The summed E-state index contributed by atoms with van der Waals surface area (Å²) in [4.78, 5) is 23.8. The Labute approximate surface area is 181 Å². The quantitative estimate of drug-likeness (QED) is 0.580. The lowest BCUT2D eigenvalue weighted by molar-refractivity contribution is 0.0948. The van der Waals surface area contributed by atoms with Crippen LogP contribution in [0.4, 0.5) is 0 Å². The molecule has 0 aliphatic heterocycles. The van der Waals surface area contributed by atoms with Gasteiger partial charge in [0.15, 0.2) is 0 Å². The highest BCUT2D eigenvalue weighted by Gasteiger charge is 2.46. The molecule has 0 radical (unpaired) electrons. The van der Waals surface area contributed by atoms with Gasteiger partial charge in [-0.05, 0) is 67.4 Å². The van der Waals surface area contributed by atoms with Gasteiger partial charge >= 0.3 is 0 Å². The van der Waals surface area contributed by atoms with Gasteiger partial charge in [-0.1, -0.05) is 18.2 Å². The number of benzene rings is 3. The topological polar surface area (TPSA) is 90.7 Å². The summed E-state index contributed by atoms with van der Waals surface area (Å²) in [5.41, 5.74) is 7.31. The smallest absolute Gasteiger partial charge is 0.251 e. The maximum atomic E-state index is 12.6. The third kappa shape index (κ3) is 4.53. The van der Waals surface area contributed by atoms with Crippen LogP contribution in [0.2, 0.25) is 0 Å². The standard InChI is InChI=1S/C25H24N2O4/c1-30-22-5-3-2-4-21(22)25(14-15-25)16-27-24(29)18-8-12-20(13-9-18)31-19-10-6-17(7-11-19)23(26)28/h2-13H,14-16H2,1H3,(H2,26,28)(H,27,29). The van der Waals surface area contributed by atoms with E-state index in [0.29, 0.717) is 29.2 Å². The lowest BCUT2D eigenvalue weighted by Gasteiger charge is -2.19. The van der Waals surface area contributed by atoms with E-state index in [1.807, 2.05) is 18.2 Å². The summed E-state index contributed by atoms with van der Waals surface area (Å²) in [7, 11) is 1.67. The van der Waals surface area contributed by atoms with Crippen LogP contribution in [0.3, 0.4) is 0 Å². The predicted molar refractivity (Wildman–Crippen MR) is 118 cm³/mol. The number of primary amides is 1. The van der Waals surface area contributed by atoms with E-state index in [-0.39, 0.29) is 11.3 Å². The fourth-order valence-electron chi connectivity index (χ4n) is 3.62. The number of hydrogen-bond donors (Lipinski definition) is 2. The number of ether oxygens (including phenoxy) is 2. The van der Waals surface area contributed by atoms with Crippen LogP contribution in [0, 0.1) is 0 Å². The molecule has 0 bridgehead atoms. The van der Waals surface area contributed by atoms with Crippen LogP contribution in [-0.4, -0.2) is 25.5 Å². The zero-order chi connectivity index (χ0) is 21.8. The molecule has 0 unspecified atom stereocenters. The van der Waals surface area contributed by atoms with Gasteiger partial charge in [-0.15, -0.1) is 0 Å². The fraction of sp³-hybridized carbons (Fsp3) is 0.200. The number of rotatable bonds is 8. The second-order valence-corrected chi connectivity index (χ2v) is 7.68. The van der Waals surface area contributed by atoms with E-state index < -0.39 is 5.91 Å². The average Bonchev–Trinajstić information content (AvgIpc) is 3.59. The molecular formula is C25H24N2O4. The molecule has 4 rings (SSSR count). The second-order valence-electron chi connectivity index (χ2n) is 7.68. The molecule has 0 atom stereocenters. The predicted octanol–water partition coefficient (Wildman–Crippen LogP) is 4.05. The molecule has 0 spiro atoms. The molecule has 1 saturated carbocycles. The Kier molecular flexibility index (Phi) is 5.62. The van der Waals surface area contributed by atoms with Gasteiger partial charge < -0.3 is 20.5 Å². The third-order valence-electron chi connectivity index (χ3n) is 5.61. The summed E-state index contributed by atoms with van der Waals surface area (Å²) in [6.45, 7) is 0.566. The van der Waals surface area contributed by atoms with E-state index in [0.717, 1.165) is 24.2 Å². The molecule has 3 N–H and O–H groups in total. The molecule has 1 aliphatic rings. The molecule has 1 aliphatic carbocycles. The first-order chi connectivity index (χ1) is 15.0. The van der Waals surface area contributed by atoms with Crippen molar-refractivity contribution in [2.24, 2.45) is 5.73 Å². The van der Waals surface area contributed by atoms with E-state index in [9.17, 15) is 9.59 Å². The van der Waals surface area contributed by atoms with Crippen molar-refractivity contribution in [3.05, 3.63) is 89.5 Å². The zero-order valence-electron chi connectivity index (χ0n) is 17.3. The molecule has 0 saturated heterocycles. The van der Waals surface area contributed by atoms with Crippen molar-refractivity contribution in [1.82, 2.24) is 5.32 Å². The zero-order valence-corrected chi connectivity index (χ0v) is 17.3. The summed E-state index contributed by atoms with van der Waals surface area (Å²) in [6.07, 6.45) is 2.05. The van der Waals surface area contributed by atoms with Crippen molar-refractivity contribution < 1.29 is 19.1 Å². The minimum Gasteiger partial charge on any atom is -0.496 e. The molecule has 3 aromatic rings. The molecule has 158 valence electrons. The fourth-order valence-corrected chi connectivity index (χ4v) is 3.62. The van der Waals surface area contributed by atoms with Crippen molar-refractivity contribution in [2.75, 3.05) is 13.7 Å². The monoisotopic (exact) mass is 416 g/mol. The van der Waals surface area contributed by atoms with Crippen LogP contribution in [0.15, 0.2) is 72.8 Å². The first-order valence-corrected chi connectivity index (χ1v) is 10.1. The van der Waals surface area contributed by atoms with Crippen LogP contribution >= 0.6 is 0 Å². The summed E-state index contributed by atoms with van der Waals surface area (Å²) < 4.78 is 11.3. The number of carbonyl (C=O) groups excluding carboxylic acids is 2. The minimum atomic E-state index is -0.486. The van der Waals surface area contributed by atoms with Crippen LogP contribution in [0.1, 0.15) is 39.1 Å². The van der Waals surface area contributed by atoms with Crippen LogP contribution in [0.25, 0.3) is 0 Å².